The lowest BCUT2D eigenvalue weighted by molar-refractivity contribution is 0.413. The molecule has 1 unspecified atom stereocenters. The second-order valence-corrected chi connectivity index (χ2v) is 5.95. The van der Waals surface area contributed by atoms with Crippen LogP contribution in [0.25, 0.3) is 0 Å². The first-order valence-electron chi connectivity index (χ1n) is 7.69. The van der Waals surface area contributed by atoms with Crippen LogP contribution in [0.5, 0.6) is 0 Å². The summed E-state index contributed by atoms with van der Waals surface area (Å²) in [4.78, 5) is 9.78. The van der Waals surface area contributed by atoms with Crippen molar-refractivity contribution in [1.82, 2.24) is 9.80 Å². The van der Waals surface area contributed by atoms with Crippen molar-refractivity contribution in [3.8, 4) is 0 Å². The Morgan fingerprint density at radius 1 is 1.32 bits per heavy atom. The van der Waals surface area contributed by atoms with Gasteiger partial charge in [0.2, 0.25) is 0 Å². The Morgan fingerprint density at radius 3 is 2.74 bits per heavy atom. The number of nitrogens with zero attached hydrogens (tertiary/aromatic N) is 3. The van der Waals surface area contributed by atoms with E-state index in [1.165, 1.54) is 56.1 Å². The third-order valence-corrected chi connectivity index (χ3v) is 4.72. The van der Waals surface area contributed by atoms with Gasteiger partial charge in [-0.15, -0.1) is 0 Å². The highest BCUT2D eigenvalue weighted by Crippen LogP contribution is 2.37. The van der Waals surface area contributed by atoms with E-state index in [-0.39, 0.29) is 0 Å². The minimum Gasteiger partial charge on any atom is -0.357 e. The lowest BCUT2D eigenvalue weighted by Crippen LogP contribution is -2.30. The Hall–Kier alpha value is -1.25. The monoisotopic (exact) mass is 259 g/mol. The van der Waals surface area contributed by atoms with Gasteiger partial charge in [0.25, 0.3) is 0 Å². The van der Waals surface area contributed by atoms with E-state index in [4.69, 9.17) is 4.99 Å². The molecular weight excluding hydrogens is 234 g/mol. The molecule has 0 amide bonds. The minimum atomic E-state index is 0.540. The predicted octanol–water partition coefficient (Wildman–Crippen LogP) is 3.36. The van der Waals surface area contributed by atoms with Gasteiger partial charge in [-0.1, -0.05) is 13.3 Å². The normalized spacial score (nSPS) is 26.8. The van der Waals surface area contributed by atoms with Crippen LogP contribution in [-0.4, -0.2) is 35.8 Å². The second kappa shape index (κ2) is 5.03. The topological polar surface area (TPSA) is 18.8 Å². The lowest BCUT2D eigenvalue weighted by atomic mass is 9.95. The smallest absolute Gasteiger partial charge is 0.126 e. The Balaban J connectivity index is 1.83. The molecule has 0 spiro atoms. The molecule has 0 N–H and O–H groups in total. The van der Waals surface area contributed by atoms with Crippen molar-refractivity contribution in [2.45, 2.75) is 46.0 Å². The molecule has 0 radical (unpaired) electrons. The van der Waals surface area contributed by atoms with Gasteiger partial charge in [-0.2, -0.15) is 0 Å². The summed E-state index contributed by atoms with van der Waals surface area (Å²) in [5.74, 6) is 3.05. The van der Waals surface area contributed by atoms with Crippen LogP contribution in [0.1, 0.15) is 46.0 Å². The van der Waals surface area contributed by atoms with Crippen molar-refractivity contribution in [2.75, 3.05) is 20.1 Å². The average Bonchev–Trinajstić information content (AvgIpc) is 3.03. The maximum atomic E-state index is 4.98. The fourth-order valence-corrected chi connectivity index (χ4v) is 3.60. The van der Waals surface area contributed by atoms with E-state index in [0.29, 0.717) is 5.92 Å². The molecule has 19 heavy (non-hydrogen) atoms. The number of likely N-dealkylation sites (tertiary alicyclic amines) is 1. The highest BCUT2D eigenvalue weighted by Gasteiger charge is 2.34. The summed E-state index contributed by atoms with van der Waals surface area (Å²) in [5.41, 5.74) is 3.04. The van der Waals surface area contributed by atoms with Gasteiger partial charge >= 0.3 is 0 Å². The molecule has 3 heterocycles. The van der Waals surface area contributed by atoms with Crippen LogP contribution in [0.15, 0.2) is 28.2 Å². The summed E-state index contributed by atoms with van der Waals surface area (Å²) >= 11 is 0. The maximum Gasteiger partial charge on any atom is 0.126 e. The van der Waals surface area contributed by atoms with E-state index >= 15 is 0 Å². The fourth-order valence-electron chi connectivity index (χ4n) is 3.60. The maximum absolute atomic E-state index is 4.98. The van der Waals surface area contributed by atoms with Crippen molar-refractivity contribution in [3.63, 3.8) is 0 Å². The largest absolute Gasteiger partial charge is 0.357 e. The third kappa shape index (κ3) is 2.09. The van der Waals surface area contributed by atoms with Crippen molar-refractivity contribution >= 4 is 5.84 Å². The van der Waals surface area contributed by atoms with Crippen LogP contribution >= 0.6 is 0 Å². The van der Waals surface area contributed by atoms with Gasteiger partial charge in [-0.3, -0.25) is 0 Å². The number of aliphatic imine (C=N–C) groups is 1. The molecule has 0 aliphatic carbocycles. The molecule has 0 aromatic heterocycles. The van der Waals surface area contributed by atoms with Crippen molar-refractivity contribution < 1.29 is 0 Å². The Kier molecular flexibility index (Phi) is 3.38. The zero-order valence-corrected chi connectivity index (χ0v) is 12.4. The van der Waals surface area contributed by atoms with Gasteiger partial charge < -0.3 is 9.80 Å². The summed E-state index contributed by atoms with van der Waals surface area (Å²) < 4.78 is 0. The summed E-state index contributed by atoms with van der Waals surface area (Å²) in [6.45, 7) is 6.92. The number of fused-ring (bicyclic) bond motifs is 1. The zero-order chi connectivity index (χ0) is 13.4. The SMILES string of the molecule is CCCC1=C(C)C2CC=C(N3CCCC3)N=C2N1C. The molecular formula is C16H25N3. The number of amidine groups is 1. The molecule has 3 heteroatoms. The first-order chi connectivity index (χ1) is 9.22. The van der Waals surface area contributed by atoms with Crippen LogP contribution in [0, 0.1) is 5.92 Å². The van der Waals surface area contributed by atoms with Crippen LogP contribution in [0.2, 0.25) is 0 Å². The van der Waals surface area contributed by atoms with Gasteiger partial charge in [0.1, 0.15) is 11.7 Å². The number of rotatable bonds is 3. The van der Waals surface area contributed by atoms with Gasteiger partial charge in [0.15, 0.2) is 0 Å². The fraction of sp³-hybridized carbons (Fsp3) is 0.688. The van der Waals surface area contributed by atoms with Gasteiger partial charge in [-0.25, -0.2) is 4.99 Å². The number of allylic oxidation sites excluding steroid dienone is 2. The van der Waals surface area contributed by atoms with E-state index in [2.05, 4.69) is 36.8 Å². The molecule has 0 bridgehead atoms. The molecule has 0 aromatic rings. The molecule has 1 fully saturated rings. The molecule has 1 saturated heterocycles. The Morgan fingerprint density at radius 2 is 2.05 bits per heavy atom. The Labute approximate surface area is 116 Å². The molecule has 3 nitrogen and oxygen atoms in total. The predicted molar refractivity (Wildman–Crippen MR) is 79.8 cm³/mol. The van der Waals surface area contributed by atoms with Gasteiger partial charge in [0, 0.05) is 31.8 Å². The molecule has 104 valence electrons. The summed E-state index contributed by atoms with van der Waals surface area (Å²) in [7, 11) is 2.19. The molecule has 1 atom stereocenters. The lowest BCUT2D eigenvalue weighted by Gasteiger charge is -2.27. The zero-order valence-electron chi connectivity index (χ0n) is 12.4. The Bertz CT molecular complexity index is 453. The highest BCUT2D eigenvalue weighted by atomic mass is 15.3. The first kappa shape index (κ1) is 12.8. The van der Waals surface area contributed by atoms with Crippen molar-refractivity contribution in [2.24, 2.45) is 10.9 Å². The van der Waals surface area contributed by atoms with Crippen LogP contribution in [-0.2, 0) is 0 Å². The summed E-state index contributed by atoms with van der Waals surface area (Å²) in [6, 6.07) is 0. The molecule has 3 aliphatic heterocycles. The molecule has 3 aliphatic rings. The number of hydrogen-bond donors (Lipinski definition) is 0. The molecule has 0 saturated carbocycles. The van der Waals surface area contributed by atoms with E-state index in [1.54, 1.807) is 5.57 Å². The highest BCUT2D eigenvalue weighted by molar-refractivity contribution is 5.93. The van der Waals surface area contributed by atoms with E-state index < -0.39 is 0 Å². The second-order valence-electron chi connectivity index (χ2n) is 5.95. The van der Waals surface area contributed by atoms with Crippen LogP contribution in [0.3, 0.4) is 0 Å². The van der Waals surface area contributed by atoms with Gasteiger partial charge in [-0.05, 0) is 44.3 Å². The van der Waals surface area contributed by atoms with Crippen molar-refractivity contribution in [3.05, 3.63) is 23.2 Å². The standard InChI is InChI=1S/C16H25N3/c1-4-7-14-12(2)13-8-9-15(17-16(13)18(14)3)19-10-5-6-11-19/h9,13H,4-8,10-11H2,1-3H3. The summed E-state index contributed by atoms with van der Waals surface area (Å²) in [5, 5.41) is 0. The van der Waals surface area contributed by atoms with Crippen LogP contribution < -0.4 is 0 Å². The first-order valence-corrected chi connectivity index (χ1v) is 7.69. The minimum absolute atomic E-state index is 0.540. The van der Waals surface area contributed by atoms with Gasteiger partial charge in [0.05, 0.1) is 0 Å². The van der Waals surface area contributed by atoms with Crippen molar-refractivity contribution in [1.29, 1.82) is 0 Å². The quantitative estimate of drug-likeness (QED) is 0.774. The number of hydrogen-bond acceptors (Lipinski definition) is 3. The average molecular weight is 259 g/mol. The van der Waals surface area contributed by atoms with E-state index in [9.17, 15) is 0 Å². The third-order valence-electron chi connectivity index (χ3n) is 4.72. The van der Waals surface area contributed by atoms with Crippen LogP contribution in [0.4, 0.5) is 0 Å². The summed E-state index contributed by atoms with van der Waals surface area (Å²) in [6.07, 6.45) is 8.51. The molecule has 3 rings (SSSR count). The van der Waals surface area contributed by atoms with E-state index in [1.807, 2.05) is 0 Å². The van der Waals surface area contributed by atoms with E-state index in [0.717, 1.165) is 6.42 Å². The molecule has 0 aromatic carbocycles.